The predicted octanol–water partition coefficient (Wildman–Crippen LogP) is 2.71. The molecule has 0 heterocycles. The van der Waals surface area contributed by atoms with Gasteiger partial charge in [-0.1, -0.05) is 6.07 Å². The Labute approximate surface area is 111 Å². The van der Waals surface area contributed by atoms with E-state index in [4.69, 9.17) is 0 Å². The molecule has 0 fully saturated rings. The molecule has 4 heteroatoms. The summed E-state index contributed by atoms with van der Waals surface area (Å²) in [6, 6.07) is 5.75. The molecule has 1 rings (SSSR count). The van der Waals surface area contributed by atoms with Gasteiger partial charge < -0.3 is 15.1 Å². The summed E-state index contributed by atoms with van der Waals surface area (Å²) in [6.07, 6.45) is -0.475. The van der Waals surface area contributed by atoms with E-state index >= 15 is 0 Å². The Morgan fingerprint density at radius 1 is 1.41 bits per heavy atom. The highest BCUT2D eigenvalue weighted by Gasteiger charge is 2.24. The van der Waals surface area contributed by atoms with Crippen molar-refractivity contribution in [3.05, 3.63) is 28.2 Å². The fourth-order valence-corrected chi connectivity index (χ4v) is 2.15. The van der Waals surface area contributed by atoms with Crippen LogP contribution in [0.2, 0.25) is 0 Å². The van der Waals surface area contributed by atoms with Gasteiger partial charge in [-0.05, 0) is 54.4 Å². The molecular weight excluding hydrogens is 282 g/mol. The van der Waals surface area contributed by atoms with Crippen LogP contribution in [0.15, 0.2) is 22.7 Å². The number of rotatable bonds is 4. The minimum Gasteiger partial charge on any atom is -0.394 e. The summed E-state index contributed by atoms with van der Waals surface area (Å²) in [6.45, 7) is 5.76. The van der Waals surface area contributed by atoms with Crippen molar-refractivity contribution < 1.29 is 10.2 Å². The van der Waals surface area contributed by atoms with Crippen molar-refractivity contribution in [2.75, 3.05) is 18.6 Å². The molecule has 0 aliphatic heterocycles. The molecule has 0 amide bonds. The Morgan fingerprint density at radius 3 is 2.41 bits per heavy atom. The Hall–Kier alpha value is -0.580. The van der Waals surface area contributed by atoms with Gasteiger partial charge in [0.2, 0.25) is 0 Å². The van der Waals surface area contributed by atoms with Gasteiger partial charge in [-0.2, -0.15) is 0 Å². The maximum absolute atomic E-state index is 9.51. The molecule has 0 saturated heterocycles. The van der Waals surface area contributed by atoms with Gasteiger partial charge in [0.15, 0.2) is 0 Å². The van der Waals surface area contributed by atoms with Crippen LogP contribution in [-0.2, 0) is 0 Å². The lowest BCUT2D eigenvalue weighted by Gasteiger charge is -2.36. The van der Waals surface area contributed by atoms with Crippen LogP contribution in [0.5, 0.6) is 0 Å². The first-order chi connectivity index (χ1) is 7.79. The van der Waals surface area contributed by atoms with Gasteiger partial charge in [0.1, 0.15) is 0 Å². The normalized spacial score (nSPS) is 13.6. The maximum atomic E-state index is 9.51. The first-order valence-corrected chi connectivity index (χ1v) is 6.41. The van der Waals surface area contributed by atoms with Crippen LogP contribution in [0.25, 0.3) is 0 Å². The van der Waals surface area contributed by atoms with Crippen LogP contribution in [0.1, 0.15) is 32.4 Å². The third-order valence-corrected chi connectivity index (χ3v) is 3.75. The fraction of sp³-hybridized carbons (Fsp3) is 0.538. The third-order valence-electron chi connectivity index (χ3n) is 3.11. The van der Waals surface area contributed by atoms with Crippen molar-refractivity contribution in [3.63, 3.8) is 0 Å². The van der Waals surface area contributed by atoms with Gasteiger partial charge in [-0.25, -0.2) is 0 Å². The highest BCUT2D eigenvalue weighted by atomic mass is 79.9. The monoisotopic (exact) mass is 301 g/mol. The topological polar surface area (TPSA) is 43.7 Å². The zero-order chi connectivity index (χ0) is 13.2. The minimum absolute atomic E-state index is 0.0775. The van der Waals surface area contributed by atoms with E-state index in [1.54, 1.807) is 6.92 Å². The van der Waals surface area contributed by atoms with Crippen LogP contribution in [-0.4, -0.2) is 29.4 Å². The molecule has 0 saturated carbocycles. The van der Waals surface area contributed by atoms with Crippen LogP contribution >= 0.6 is 15.9 Å². The third kappa shape index (κ3) is 3.21. The molecule has 17 heavy (non-hydrogen) atoms. The summed E-state index contributed by atoms with van der Waals surface area (Å²) in [5.74, 6) is 0. The van der Waals surface area contributed by atoms with Gasteiger partial charge in [0.05, 0.1) is 23.9 Å². The van der Waals surface area contributed by atoms with Crippen molar-refractivity contribution >= 4 is 21.6 Å². The number of anilines is 1. The molecule has 1 aromatic carbocycles. The van der Waals surface area contributed by atoms with Gasteiger partial charge in [-0.3, -0.25) is 0 Å². The molecule has 0 aliphatic rings. The van der Waals surface area contributed by atoms with E-state index in [2.05, 4.69) is 15.9 Å². The molecule has 0 aliphatic carbocycles. The highest BCUT2D eigenvalue weighted by molar-refractivity contribution is 9.10. The Bertz CT molecular complexity index is 391. The van der Waals surface area contributed by atoms with Crippen LogP contribution < -0.4 is 4.90 Å². The second-order valence-corrected chi connectivity index (χ2v) is 5.77. The smallest absolute Gasteiger partial charge is 0.0762 e. The van der Waals surface area contributed by atoms with Gasteiger partial charge in [-0.15, -0.1) is 0 Å². The average Bonchev–Trinajstić information content (AvgIpc) is 2.27. The zero-order valence-corrected chi connectivity index (χ0v) is 12.3. The number of hydrogen-bond donors (Lipinski definition) is 2. The lowest BCUT2D eigenvalue weighted by atomic mass is 10.0. The molecule has 2 N–H and O–H groups in total. The van der Waals surface area contributed by atoms with Crippen molar-refractivity contribution in [3.8, 4) is 0 Å². The Kier molecular flexibility index (Phi) is 4.58. The molecule has 0 spiro atoms. The van der Waals surface area contributed by atoms with E-state index in [9.17, 15) is 10.2 Å². The zero-order valence-electron chi connectivity index (χ0n) is 10.7. The first kappa shape index (κ1) is 14.5. The summed E-state index contributed by atoms with van der Waals surface area (Å²) >= 11 is 3.50. The predicted molar refractivity (Wildman–Crippen MR) is 74.3 cm³/mol. The summed E-state index contributed by atoms with van der Waals surface area (Å²) in [5.41, 5.74) is 1.54. The van der Waals surface area contributed by atoms with Crippen LogP contribution in [0, 0.1) is 0 Å². The van der Waals surface area contributed by atoms with Crippen molar-refractivity contribution in [1.29, 1.82) is 0 Å². The summed E-state index contributed by atoms with van der Waals surface area (Å²) in [5, 5.41) is 18.9. The number of nitrogens with zero attached hydrogens (tertiary/aromatic N) is 1. The molecular formula is C13H20BrNO2. The summed E-state index contributed by atoms with van der Waals surface area (Å²) < 4.78 is 0.917. The number of aliphatic hydroxyl groups is 2. The number of likely N-dealkylation sites (N-methyl/N-ethyl adjacent to an activating group) is 1. The molecule has 1 atom stereocenters. The second-order valence-electron chi connectivity index (χ2n) is 4.92. The Balaban J connectivity index is 3.08. The van der Waals surface area contributed by atoms with Crippen molar-refractivity contribution in [2.24, 2.45) is 0 Å². The lowest BCUT2D eigenvalue weighted by molar-refractivity contribution is 0.199. The standard InChI is InChI=1S/C13H20BrNO2/c1-9(17)10-5-6-12(11(14)7-10)15(4)13(2,3)8-16/h5-7,9,16-17H,8H2,1-4H3. The van der Waals surface area contributed by atoms with Crippen LogP contribution in [0.4, 0.5) is 5.69 Å². The quantitative estimate of drug-likeness (QED) is 0.899. The van der Waals surface area contributed by atoms with Gasteiger partial charge in [0, 0.05) is 11.5 Å². The minimum atomic E-state index is -0.475. The molecule has 1 unspecified atom stereocenters. The summed E-state index contributed by atoms with van der Waals surface area (Å²) in [7, 11) is 1.94. The lowest BCUT2D eigenvalue weighted by Crippen LogP contribution is -2.44. The fourth-order valence-electron chi connectivity index (χ4n) is 1.49. The van der Waals surface area contributed by atoms with Crippen molar-refractivity contribution in [2.45, 2.75) is 32.4 Å². The van der Waals surface area contributed by atoms with Gasteiger partial charge in [0.25, 0.3) is 0 Å². The van der Waals surface area contributed by atoms with E-state index < -0.39 is 6.10 Å². The summed E-state index contributed by atoms with van der Waals surface area (Å²) in [4.78, 5) is 2.02. The number of hydrogen-bond acceptors (Lipinski definition) is 3. The Morgan fingerprint density at radius 2 is 2.00 bits per heavy atom. The van der Waals surface area contributed by atoms with E-state index in [0.717, 1.165) is 15.7 Å². The van der Waals surface area contributed by atoms with E-state index in [-0.39, 0.29) is 12.1 Å². The highest BCUT2D eigenvalue weighted by Crippen LogP contribution is 2.32. The number of aliphatic hydroxyl groups excluding tert-OH is 2. The molecule has 0 aromatic heterocycles. The maximum Gasteiger partial charge on any atom is 0.0762 e. The first-order valence-electron chi connectivity index (χ1n) is 5.62. The van der Waals surface area contributed by atoms with Crippen molar-refractivity contribution in [1.82, 2.24) is 0 Å². The average molecular weight is 302 g/mol. The molecule has 96 valence electrons. The molecule has 3 nitrogen and oxygen atoms in total. The second kappa shape index (κ2) is 5.38. The molecule has 0 radical (unpaired) electrons. The molecule has 0 bridgehead atoms. The molecule has 1 aromatic rings. The van der Waals surface area contributed by atoms with E-state index in [1.807, 2.05) is 44.0 Å². The van der Waals surface area contributed by atoms with E-state index in [0.29, 0.717) is 0 Å². The van der Waals surface area contributed by atoms with Gasteiger partial charge >= 0.3 is 0 Å². The van der Waals surface area contributed by atoms with E-state index in [1.165, 1.54) is 0 Å². The number of halogens is 1. The largest absolute Gasteiger partial charge is 0.394 e. The van der Waals surface area contributed by atoms with Crippen LogP contribution in [0.3, 0.4) is 0 Å². The SMILES string of the molecule is CC(O)c1ccc(N(C)C(C)(C)CO)c(Br)c1. The number of benzene rings is 1.